The van der Waals surface area contributed by atoms with Crippen LogP contribution in [-0.4, -0.2) is 9.55 Å². The third-order valence-electron chi connectivity index (χ3n) is 3.66. The van der Waals surface area contributed by atoms with Gasteiger partial charge in [-0.3, -0.25) is 9.36 Å². The van der Waals surface area contributed by atoms with E-state index in [1.54, 1.807) is 6.92 Å². The summed E-state index contributed by atoms with van der Waals surface area (Å²) in [5, 5.41) is -0.0265. The number of hydrogen-bond donors (Lipinski definition) is 0. The average Bonchev–Trinajstić information content (AvgIpc) is 2.51. The van der Waals surface area contributed by atoms with Crippen LogP contribution in [0.4, 0.5) is 13.2 Å². The van der Waals surface area contributed by atoms with Gasteiger partial charge >= 0.3 is 6.18 Å². The lowest BCUT2D eigenvalue weighted by Crippen LogP contribution is -2.24. The number of nitrogens with zero attached hydrogens (tertiary/aromatic N) is 2. The molecule has 3 aromatic rings. The highest BCUT2D eigenvalue weighted by molar-refractivity contribution is 5.78. The zero-order valence-corrected chi connectivity index (χ0v) is 12.3. The molecule has 0 N–H and O–H groups in total. The van der Waals surface area contributed by atoms with E-state index < -0.39 is 17.3 Å². The molecule has 3 nitrogen and oxygen atoms in total. The molecule has 0 aliphatic carbocycles. The molecule has 2 aromatic carbocycles. The number of fused-ring (bicyclic) bond motifs is 1. The first-order valence-electron chi connectivity index (χ1n) is 6.98. The van der Waals surface area contributed by atoms with Gasteiger partial charge in [-0.1, -0.05) is 30.3 Å². The molecule has 3 rings (SSSR count). The van der Waals surface area contributed by atoms with Crippen molar-refractivity contribution < 1.29 is 13.2 Å². The maximum Gasteiger partial charge on any atom is 0.416 e. The summed E-state index contributed by atoms with van der Waals surface area (Å²) in [6.07, 6.45) is -4.49. The van der Waals surface area contributed by atoms with Crippen molar-refractivity contribution in [3.8, 4) is 0 Å². The standard InChI is InChI=1S/C17H13F3N2O/c1-11-21-15-8-7-13(17(18,19)20)9-14(15)16(23)22(11)10-12-5-3-2-4-6-12/h2-9H,10H2,1H3. The molecule has 23 heavy (non-hydrogen) atoms. The molecule has 0 aliphatic heterocycles. The summed E-state index contributed by atoms with van der Waals surface area (Å²) >= 11 is 0. The number of aromatic nitrogens is 2. The van der Waals surface area contributed by atoms with Crippen molar-refractivity contribution in [2.75, 3.05) is 0 Å². The zero-order chi connectivity index (χ0) is 16.6. The van der Waals surface area contributed by atoms with Gasteiger partial charge in [0, 0.05) is 0 Å². The van der Waals surface area contributed by atoms with Crippen molar-refractivity contribution in [2.24, 2.45) is 0 Å². The Morgan fingerprint density at radius 2 is 1.78 bits per heavy atom. The fourth-order valence-electron chi connectivity index (χ4n) is 2.46. The Morgan fingerprint density at radius 3 is 2.43 bits per heavy atom. The van der Waals surface area contributed by atoms with Crippen LogP contribution in [0.2, 0.25) is 0 Å². The second-order valence-electron chi connectivity index (χ2n) is 5.27. The van der Waals surface area contributed by atoms with Crippen molar-refractivity contribution in [1.82, 2.24) is 9.55 Å². The van der Waals surface area contributed by atoms with Gasteiger partial charge in [0.1, 0.15) is 5.82 Å². The van der Waals surface area contributed by atoms with E-state index in [0.717, 1.165) is 17.7 Å². The number of halogens is 3. The van der Waals surface area contributed by atoms with Gasteiger partial charge in [-0.05, 0) is 30.7 Å². The minimum atomic E-state index is -4.49. The Morgan fingerprint density at radius 1 is 1.09 bits per heavy atom. The Hall–Kier alpha value is -2.63. The number of hydrogen-bond acceptors (Lipinski definition) is 2. The highest BCUT2D eigenvalue weighted by Gasteiger charge is 2.31. The lowest BCUT2D eigenvalue weighted by molar-refractivity contribution is -0.137. The lowest BCUT2D eigenvalue weighted by atomic mass is 10.1. The fourth-order valence-corrected chi connectivity index (χ4v) is 2.46. The first-order chi connectivity index (χ1) is 10.9. The molecule has 0 saturated heterocycles. The number of rotatable bonds is 2. The van der Waals surface area contributed by atoms with Crippen molar-refractivity contribution in [2.45, 2.75) is 19.6 Å². The van der Waals surface area contributed by atoms with Crippen molar-refractivity contribution >= 4 is 10.9 Å². The minimum absolute atomic E-state index is 0.0265. The van der Waals surface area contributed by atoms with Crippen LogP contribution in [0.1, 0.15) is 17.0 Å². The fraction of sp³-hybridized carbons (Fsp3) is 0.176. The van der Waals surface area contributed by atoms with E-state index >= 15 is 0 Å². The predicted molar refractivity (Wildman–Crippen MR) is 81.3 cm³/mol. The average molecular weight is 318 g/mol. The first-order valence-corrected chi connectivity index (χ1v) is 6.98. The molecule has 0 fully saturated rings. The molecule has 0 unspecified atom stereocenters. The molecule has 0 bridgehead atoms. The molecule has 0 spiro atoms. The largest absolute Gasteiger partial charge is 0.416 e. The van der Waals surface area contributed by atoms with Gasteiger partial charge in [-0.15, -0.1) is 0 Å². The Balaban J connectivity index is 2.17. The lowest BCUT2D eigenvalue weighted by Gasteiger charge is -2.12. The van der Waals surface area contributed by atoms with E-state index in [9.17, 15) is 18.0 Å². The highest BCUT2D eigenvalue weighted by Crippen LogP contribution is 2.30. The van der Waals surface area contributed by atoms with Crippen LogP contribution in [0.25, 0.3) is 10.9 Å². The number of alkyl halides is 3. The van der Waals surface area contributed by atoms with Crippen LogP contribution < -0.4 is 5.56 Å². The smallest absolute Gasteiger partial charge is 0.292 e. The third kappa shape index (κ3) is 2.97. The highest BCUT2D eigenvalue weighted by atomic mass is 19.4. The van der Waals surface area contributed by atoms with Gasteiger partial charge in [0.25, 0.3) is 5.56 Å². The van der Waals surface area contributed by atoms with Crippen molar-refractivity contribution in [1.29, 1.82) is 0 Å². The maximum absolute atomic E-state index is 12.8. The summed E-state index contributed by atoms with van der Waals surface area (Å²) in [5.74, 6) is 0.464. The van der Waals surface area contributed by atoms with Gasteiger partial charge < -0.3 is 0 Å². The van der Waals surface area contributed by atoms with E-state index in [2.05, 4.69) is 4.98 Å². The van der Waals surface area contributed by atoms with Crippen molar-refractivity contribution in [3.05, 3.63) is 75.8 Å². The van der Waals surface area contributed by atoms with Gasteiger partial charge in [0.15, 0.2) is 0 Å². The van der Waals surface area contributed by atoms with Crippen LogP contribution >= 0.6 is 0 Å². The van der Waals surface area contributed by atoms with Crippen LogP contribution in [0.3, 0.4) is 0 Å². The van der Waals surface area contributed by atoms with E-state index in [0.29, 0.717) is 5.82 Å². The summed E-state index contributed by atoms with van der Waals surface area (Å²) < 4.78 is 39.9. The molecule has 118 valence electrons. The molecule has 1 heterocycles. The van der Waals surface area contributed by atoms with E-state index in [1.807, 2.05) is 30.3 Å². The zero-order valence-electron chi connectivity index (χ0n) is 12.3. The number of benzene rings is 2. The van der Waals surface area contributed by atoms with Gasteiger partial charge in [0.05, 0.1) is 23.0 Å². The summed E-state index contributed by atoms with van der Waals surface area (Å²) in [6, 6.07) is 12.3. The molecule has 0 radical (unpaired) electrons. The van der Waals surface area contributed by atoms with Gasteiger partial charge in [-0.25, -0.2) is 4.98 Å². The predicted octanol–water partition coefficient (Wildman–Crippen LogP) is 3.77. The first kappa shape index (κ1) is 15.3. The van der Waals surface area contributed by atoms with Gasteiger partial charge in [0.2, 0.25) is 0 Å². The maximum atomic E-state index is 12.8. The quantitative estimate of drug-likeness (QED) is 0.721. The summed E-state index contributed by atoms with van der Waals surface area (Å²) in [4.78, 5) is 16.8. The molecule has 6 heteroatoms. The molecular weight excluding hydrogens is 305 g/mol. The summed E-state index contributed by atoms with van der Waals surface area (Å²) in [7, 11) is 0. The Bertz CT molecular complexity index is 915. The van der Waals surface area contributed by atoms with Gasteiger partial charge in [-0.2, -0.15) is 13.2 Å². The monoisotopic (exact) mass is 318 g/mol. The summed E-state index contributed by atoms with van der Waals surface area (Å²) in [5.41, 5.74) is -0.169. The Labute approximate surface area is 130 Å². The van der Waals surface area contributed by atoms with E-state index in [1.165, 1.54) is 10.6 Å². The molecule has 0 saturated carbocycles. The normalized spacial score (nSPS) is 11.8. The van der Waals surface area contributed by atoms with Crippen molar-refractivity contribution in [3.63, 3.8) is 0 Å². The minimum Gasteiger partial charge on any atom is -0.292 e. The van der Waals surface area contributed by atoms with E-state index in [-0.39, 0.29) is 17.4 Å². The molecule has 0 amide bonds. The summed E-state index contributed by atoms with van der Waals surface area (Å²) in [6.45, 7) is 1.94. The van der Waals surface area contributed by atoms with Crippen LogP contribution in [0, 0.1) is 6.92 Å². The molecular formula is C17H13F3N2O. The molecule has 0 aliphatic rings. The second kappa shape index (κ2) is 5.53. The third-order valence-corrected chi connectivity index (χ3v) is 3.66. The molecule has 0 atom stereocenters. The SMILES string of the molecule is Cc1nc2ccc(C(F)(F)F)cc2c(=O)n1Cc1ccccc1. The number of aryl methyl sites for hydroxylation is 1. The van der Waals surface area contributed by atoms with E-state index in [4.69, 9.17) is 0 Å². The molecule has 1 aromatic heterocycles. The van der Waals surface area contributed by atoms with Crippen LogP contribution in [0.5, 0.6) is 0 Å². The topological polar surface area (TPSA) is 34.9 Å². The second-order valence-corrected chi connectivity index (χ2v) is 5.27. The Kier molecular flexibility index (Phi) is 3.67. The van der Waals surface area contributed by atoms with Crippen LogP contribution in [0.15, 0.2) is 53.3 Å². The van der Waals surface area contributed by atoms with Crippen LogP contribution in [-0.2, 0) is 12.7 Å².